The first kappa shape index (κ1) is 115. The average molecular weight is 1930 g/mol. The van der Waals surface area contributed by atoms with Gasteiger partial charge in [0.2, 0.25) is 0 Å². The van der Waals surface area contributed by atoms with Crippen LogP contribution < -0.4 is 62.6 Å². The Morgan fingerprint density at radius 3 is 1.31 bits per heavy atom. The van der Waals surface area contributed by atoms with Gasteiger partial charge in [-0.15, -0.1) is 0 Å². The molecule has 8 atom stereocenters. The molecule has 141 heavy (non-hydrogen) atoms. The van der Waals surface area contributed by atoms with Crippen LogP contribution in [0.5, 0.6) is 17.2 Å². The minimum atomic E-state index is -0.158. The molecule has 0 saturated heterocycles. The van der Waals surface area contributed by atoms with Crippen LogP contribution in [0.25, 0.3) is 6.08 Å². The number of rotatable bonds is 59. The van der Waals surface area contributed by atoms with Crippen molar-refractivity contribution < 1.29 is 13.9 Å². The van der Waals surface area contributed by atoms with E-state index in [0.29, 0.717) is 72.4 Å². The number of fused-ring (bicyclic) bond motifs is 1. The van der Waals surface area contributed by atoms with Crippen LogP contribution in [0.2, 0.25) is 0 Å². The summed E-state index contributed by atoms with van der Waals surface area (Å²) in [5.74, 6) is 7.90. The van der Waals surface area contributed by atoms with Crippen LogP contribution >= 0.6 is 11.3 Å². The number of ether oxygens (including phenoxy) is 2. The molecule has 764 valence electrons. The van der Waals surface area contributed by atoms with E-state index in [4.69, 9.17) is 9.47 Å². The van der Waals surface area contributed by atoms with Crippen molar-refractivity contribution in [2.24, 2.45) is 35.5 Å². The number of benzene rings is 10. The molecule has 0 aliphatic heterocycles. The molecule has 1 aromatic heterocycles. The maximum atomic E-state index is 13.1. The lowest BCUT2D eigenvalue weighted by Gasteiger charge is -2.40. The van der Waals surface area contributed by atoms with Crippen molar-refractivity contribution in [2.75, 3.05) is 78.6 Å². The molecule has 2 saturated carbocycles. The normalized spacial score (nSPS) is 15.1. The summed E-state index contributed by atoms with van der Waals surface area (Å²) >= 11 is 1.79. The molecule has 2 aliphatic rings. The Balaban J connectivity index is 0.000000197. The Hall–Kier alpha value is -9.23. The van der Waals surface area contributed by atoms with E-state index in [2.05, 4.69) is 383 Å². The Morgan fingerprint density at radius 1 is 0.383 bits per heavy atom. The molecule has 1 heterocycles. The van der Waals surface area contributed by atoms with Gasteiger partial charge < -0.3 is 62.6 Å². The third-order valence-corrected chi connectivity index (χ3v) is 27.4. The fourth-order valence-electron chi connectivity index (χ4n) is 19.2. The van der Waals surface area contributed by atoms with E-state index in [1.165, 1.54) is 150 Å². The Bertz CT molecular complexity index is 4910. The highest BCUT2D eigenvalue weighted by Gasteiger charge is 2.33. The lowest BCUT2D eigenvalue weighted by molar-refractivity contribution is 0.138. The molecule has 0 amide bonds. The second-order valence-corrected chi connectivity index (χ2v) is 42.2. The van der Waals surface area contributed by atoms with Crippen molar-refractivity contribution in [3.05, 3.63) is 368 Å². The largest absolute Gasteiger partial charge is 0.494 e. The van der Waals surface area contributed by atoms with E-state index >= 15 is 0 Å². The van der Waals surface area contributed by atoms with Crippen molar-refractivity contribution in [1.29, 1.82) is 0 Å². The van der Waals surface area contributed by atoms with E-state index in [1.807, 2.05) is 43.3 Å². The van der Waals surface area contributed by atoms with Gasteiger partial charge in [-0.2, -0.15) is 11.3 Å². The highest BCUT2D eigenvalue weighted by Crippen LogP contribution is 2.41. The van der Waals surface area contributed by atoms with Crippen LogP contribution in [0.15, 0.2) is 296 Å². The number of nitrogens with one attached hydrogen (secondary N) is 10. The van der Waals surface area contributed by atoms with Crippen molar-refractivity contribution in [3.63, 3.8) is 0 Å². The zero-order valence-electron chi connectivity index (χ0n) is 88.4. The lowest BCUT2D eigenvalue weighted by atomic mass is 9.69. The van der Waals surface area contributed by atoms with Gasteiger partial charge in [-0.3, -0.25) is 0 Å². The van der Waals surface area contributed by atoms with E-state index in [0.717, 1.165) is 172 Å². The highest BCUT2D eigenvalue weighted by molar-refractivity contribution is 7.08. The number of para-hydroxylation sites is 1. The molecule has 13 rings (SSSR count). The molecule has 2 aliphatic carbocycles. The third kappa shape index (κ3) is 51.7. The Morgan fingerprint density at radius 2 is 0.823 bits per heavy atom. The topological polar surface area (TPSA) is 139 Å². The molecular formula is C127H181FN10O2S. The molecule has 0 radical (unpaired) electrons. The summed E-state index contributed by atoms with van der Waals surface area (Å²) in [6, 6.07) is 99.6. The van der Waals surface area contributed by atoms with E-state index < -0.39 is 0 Å². The third-order valence-electron chi connectivity index (χ3n) is 26.7. The summed E-state index contributed by atoms with van der Waals surface area (Å²) < 4.78 is 24.8. The fraction of sp³-hybridized carbons (Fsp3) is 0.480. The molecule has 10 N–H and O–H groups in total. The van der Waals surface area contributed by atoms with Crippen molar-refractivity contribution in [3.8, 4) is 17.2 Å². The first-order valence-corrected chi connectivity index (χ1v) is 55.2. The average Bonchev–Trinajstić information content (AvgIpc) is 1.07. The molecule has 8 unspecified atom stereocenters. The molecule has 0 bridgehead atoms. The summed E-state index contributed by atoms with van der Waals surface area (Å²) in [5.41, 5.74) is 16.1. The zero-order chi connectivity index (χ0) is 99.7. The smallest absolute Gasteiger partial charge is 0.127 e. The molecule has 0 spiro atoms. The highest BCUT2D eigenvalue weighted by atomic mass is 32.1. The van der Waals surface area contributed by atoms with Crippen molar-refractivity contribution in [1.82, 2.24) is 53.2 Å². The van der Waals surface area contributed by atoms with Crippen LogP contribution in [0, 0.1) is 48.2 Å². The molecule has 12 nitrogen and oxygen atoms in total. The van der Waals surface area contributed by atoms with Gasteiger partial charge in [-0.1, -0.05) is 343 Å². The number of hydrogen-bond acceptors (Lipinski definition) is 13. The van der Waals surface area contributed by atoms with Gasteiger partial charge in [-0.25, -0.2) is 4.39 Å². The summed E-state index contributed by atoms with van der Waals surface area (Å²) in [6.45, 7) is 41.5. The molecule has 10 aromatic carbocycles. The maximum absolute atomic E-state index is 13.1. The summed E-state index contributed by atoms with van der Waals surface area (Å²) in [6.07, 6.45) is 30.4. The summed E-state index contributed by atoms with van der Waals surface area (Å²) in [4.78, 5) is 0. The van der Waals surface area contributed by atoms with Gasteiger partial charge in [0.05, 0.1) is 6.61 Å². The predicted molar refractivity (Wildman–Crippen MR) is 604 cm³/mol. The van der Waals surface area contributed by atoms with Gasteiger partial charge in [0.25, 0.3) is 0 Å². The predicted octanol–water partition coefficient (Wildman–Crippen LogP) is 27.4. The zero-order valence-corrected chi connectivity index (χ0v) is 89.2. The van der Waals surface area contributed by atoms with Crippen molar-refractivity contribution >= 4 is 17.4 Å². The number of hydrogen-bond donors (Lipinski definition) is 10. The lowest BCUT2D eigenvalue weighted by Crippen LogP contribution is -2.48. The van der Waals surface area contributed by atoms with Crippen LogP contribution in [0.4, 0.5) is 4.39 Å². The summed E-state index contributed by atoms with van der Waals surface area (Å²) in [7, 11) is 0. The molecule has 11 aromatic rings. The van der Waals surface area contributed by atoms with Crippen LogP contribution in [-0.4, -0.2) is 115 Å². The second kappa shape index (κ2) is 70.5. The Kier molecular flexibility index (Phi) is 57.7. The molecule has 14 heteroatoms. The maximum Gasteiger partial charge on any atom is 0.127 e. The van der Waals surface area contributed by atoms with E-state index in [1.54, 1.807) is 23.5 Å². The van der Waals surface area contributed by atoms with Gasteiger partial charge in [-0.05, 0) is 312 Å². The quantitative estimate of drug-likeness (QED) is 0.0166. The fourth-order valence-corrected chi connectivity index (χ4v) is 19.9. The minimum Gasteiger partial charge on any atom is -0.494 e. The number of thiophene rings is 1. The first-order valence-electron chi connectivity index (χ1n) is 54.3. The van der Waals surface area contributed by atoms with Crippen LogP contribution in [-0.2, 0) is 58.2 Å². The second-order valence-electron chi connectivity index (χ2n) is 41.4. The van der Waals surface area contributed by atoms with Gasteiger partial charge in [0.1, 0.15) is 23.1 Å². The Labute approximate surface area is 858 Å². The van der Waals surface area contributed by atoms with Crippen molar-refractivity contribution in [2.45, 2.75) is 280 Å². The molecular weight excluding hydrogens is 1750 g/mol. The first-order chi connectivity index (χ1) is 68.8. The van der Waals surface area contributed by atoms with Gasteiger partial charge in [0, 0.05) is 101 Å². The standard InChI is InChI=1S/C29H38N2O.C25H35FN2S.C25H38N2.C24H36N2O.C24H34N2/c1-23(2)19-27(22-30-18-8-12-25-9-5-4-6-10-25)31-21-26-11-7-13-29(20-26)32-28-16-14-24(3)15-17-28;26-23-8-5-19(6-9-23)11-13-27-17-25(15-20-12-14-29-18-20)28-24-10-7-21-3-1-2-4-22(21)16-24;1-20(2)17-25(19-26-16-8-11-22-9-6-5-7-10-22)27-18-23-12-14-24(15-13-23)21(3)4;1-4-27-24-15-9-8-14-22(24)18-26-23(17-20(2)3)19-25-16-10-13-21-11-6-5-7-12-21;1-21(2)19-24(26-18-10-16-23-13-7-4-8-14-23)20-25-17-9-15-22-11-5-3-6-12-22/h4-7,9-11,13-17,20,23,27,30-31H,8,12,18-19,21-22H2,1-3H3;5-6,8-9,12,14,18,21-22,24-25,27-28H,1-4,7,10-11,13,15-17H2;5-7,9-10,12-15,20-21,25-27H,8,11,16-19H2,1-4H3;5-9,11-12,14-15,20,23,25-26H,4,10,13,16-19H2,1-3H3;3-8,10-14,16,21,24-26H,9,15,17-20H2,1-2H3/b;;;;16-10+. The summed E-state index contributed by atoms with van der Waals surface area (Å²) in [5, 5.41) is 41.7. The van der Waals surface area contributed by atoms with Gasteiger partial charge >= 0.3 is 0 Å². The van der Waals surface area contributed by atoms with Gasteiger partial charge in [0.15, 0.2) is 0 Å². The SMILES string of the molecule is CC(C)CC(CNCCCc1ccccc1)NC/C=C/c1ccccc1.CC(C)CC(CNCCCc1ccccc1)NCc1ccc(C(C)C)cc1.CCOc1ccccc1CNC(CNCCCc1ccccc1)CC(C)C.Cc1ccc(Oc2cccc(CNC(CNCCCc3ccccc3)CC(C)C)c2)cc1.Fc1ccc(CCNCC(Cc2ccsc2)NC2CCC3CCCCC3C2)cc1. The number of halogens is 1. The minimum absolute atomic E-state index is 0.158. The number of aryl methyl sites for hydroxylation is 5. The van der Waals surface area contributed by atoms with Crippen LogP contribution in [0.1, 0.15) is 245 Å². The molecule has 2 fully saturated rings. The van der Waals surface area contributed by atoms with E-state index in [-0.39, 0.29) is 5.82 Å². The van der Waals surface area contributed by atoms with E-state index in [9.17, 15) is 4.39 Å². The van der Waals surface area contributed by atoms with Crippen LogP contribution in [0.3, 0.4) is 0 Å². The monoisotopic (exact) mass is 1930 g/mol.